The molecule has 0 bridgehead atoms. The van der Waals surface area contributed by atoms with Crippen molar-refractivity contribution in [1.82, 2.24) is 25.2 Å². The van der Waals surface area contributed by atoms with Gasteiger partial charge < -0.3 is 29.7 Å². The zero-order chi connectivity index (χ0) is 47.4. The van der Waals surface area contributed by atoms with Crippen LogP contribution in [0.5, 0.6) is 11.5 Å². The van der Waals surface area contributed by atoms with Gasteiger partial charge in [0.15, 0.2) is 0 Å². The molecule has 5 atom stereocenters. The van der Waals surface area contributed by atoms with Crippen LogP contribution in [0.15, 0.2) is 79.9 Å². The summed E-state index contributed by atoms with van der Waals surface area (Å²) in [5, 5.41) is 6.32. The highest BCUT2D eigenvalue weighted by Crippen LogP contribution is 2.49. The Bertz CT molecular complexity index is 2370. The minimum absolute atomic E-state index is 0.00691. The Morgan fingerprint density at radius 3 is 2.26 bits per heavy atom. The summed E-state index contributed by atoms with van der Waals surface area (Å²) in [6.45, 7) is 18.1. The van der Waals surface area contributed by atoms with Crippen molar-refractivity contribution in [2.24, 2.45) is 11.3 Å². The number of nitrogens with zero attached hydrogens (tertiary/aromatic N) is 2. The van der Waals surface area contributed by atoms with Gasteiger partial charge in [-0.3, -0.25) is 19.1 Å². The molecule has 3 N–H and O–H groups in total. The van der Waals surface area contributed by atoms with Crippen molar-refractivity contribution in [3.63, 3.8) is 0 Å². The van der Waals surface area contributed by atoms with E-state index in [9.17, 15) is 27.6 Å². The predicted molar refractivity (Wildman–Crippen MR) is 252 cm³/mol. The van der Waals surface area contributed by atoms with Gasteiger partial charge in [-0.2, -0.15) is 0 Å². The molecule has 6 rings (SSSR count). The molecular weight excluding hydrogens is 847 g/mol. The second-order valence-corrected chi connectivity index (χ2v) is 22.0. The van der Waals surface area contributed by atoms with E-state index in [4.69, 9.17) is 19.2 Å². The Labute approximate surface area is 384 Å². The largest absolute Gasteiger partial charge is 0.497 e. The number of unbranched alkanes of at least 4 members (excludes halogenated alkanes) is 5. The minimum atomic E-state index is -4.09. The predicted octanol–water partition coefficient (Wildman–Crippen LogP) is 8.15. The van der Waals surface area contributed by atoms with Crippen molar-refractivity contribution in [2.75, 3.05) is 13.7 Å². The van der Waals surface area contributed by atoms with Crippen molar-refractivity contribution in [3.8, 4) is 22.8 Å². The van der Waals surface area contributed by atoms with Gasteiger partial charge in [-0.05, 0) is 76.8 Å². The van der Waals surface area contributed by atoms with Crippen LogP contribution in [0.3, 0.4) is 0 Å². The molecule has 0 radical (unpaired) electrons. The number of amides is 4. The molecule has 4 amide bonds. The van der Waals surface area contributed by atoms with Gasteiger partial charge >= 0.3 is 6.09 Å². The molecule has 2 saturated carbocycles. The lowest BCUT2D eigenvalue weighted by Crippen LogP contribution is -2.60. The Kier molecular flexibility index (Phi) is 14.8. The van der Waals surface area contributed by atoms with Gasteiger partial charge in [0, 0.05) is 35.4 Å². The molecule has 1 aliphatic heterocycles. The molecule has 352 valence electrons. The molecule has 2 aliphatic carbocycles. The van der Waals surface area contributed by atoms with Crippen LogP contribution < -0.4 is 24.8 Å². The monoisotopic (exact) mass is 913 g/mol. The summed E-state index contributed by atoms with van der Waals surface area (Å²) in [5.41, 5.74) is -1.21. The average molecular weight is 914 g/mol. The molecule has 0 spiro atoms. The number of nitrogens with one attached hydrogen (secondary N) is 3. The quantitative estimate of drug-likeness (QED) is 0.0739. The van der Waals surface area contributed by atoms with E-state index in [-0.39, 0.29) is 19.4 Å². The molecule has 14 nitrogen and oxygen atoms in total. The van der Waals surface area contributed by atoms with E-state index in [0.717, 1.165) is 44.1 Å². The van der Waals surface area contributed by atoms with E-state index < -0.39 is 79.2 Å². The maximum atomic E-state index is 14.9. The van der Waals surface area contributed by atoms with Crippen LogP contribution in [0, 0.1) is 11.3 Å². The van der Waals surface area contributed by atoms with Crippen molar-refractivity contribution in [2.45, 2.75) is 146 Å². The van der Waals surface area contributed by atoms with Gasteiger partial charge in [0.2, 0.25) is 21.8 Å². The first-order valence-electron chi connectivity index (χ1n) is 22.8. The number of fused-ring (bicyclic) bond motifs is 1. The molecule has 2 aromatic carbocycles. The number of sulfonamides is 1. The van der Waals surface area contributed by atoms with Crippen molar-refractivity contribution >= 4 is 44.7 Å². The Morgan fingerprint density at radius 2 is 1.65 bits per heavy atom. The molecule has 1 aromatic heterocycles. The normalized spacial score (nSPS) is 21.7. The summed E-state index contributed by atoms with van der Waals surface area (Å²) in [4.78, 5) is 63.3. The van der Waals surface area contributed by atoms with Crippen LogP contribution in [0.2, 0.25) is 0 Å². The molecular formula is C50H67N5O9S. The zero-order valence-corrected chi connectivity index (χ0v) is 39.9. The number of pyridine rings is 1. The summed E-state index contributed by atoms with van der Waals surface area (Å²) in [5.74, 6) is -1.55. The van der Waals surface area contributed by atoms with Crippen LogP contribution in [-0.2, 0) is 29.1 Å². The van der Waals surface area contributed by atoms with Crippen molar-refractivity contribution in [1.29, 1.82) is 0 Å². The number of benzene rings is 2. The maximum Gasteiger partial charge on any atom is 0.408 e. The van der Waals surface area contributed by atoms with E-state index in [0.29, 0.717) is 47.4 Å². The third-order valence-electron chi connectivity index (χ3n) is 12.7. The maximum absolute atomic E-state index is 14.9. The summed E-state index contributed by atoms with van der Waals surface area (Å²) in [7, 11) is -2.52. The zero-order valence-electron chi connectivity index (χ0n) is 39.0. The topological polar surface area (TPSA) is 182 Å². The SMILES string of the molecule is C=CCCCCCCCC1(S(=O)(=O)NC(=O)[C@]2(NC(=O)[C@@H]3C[C@@H](Oc4cc(-c5ccccc5)nc5cc(OC)ccc45)CN3C(=O)[C@@H](NC(=O)OC(C)(C)C)C(C)(C)C)C[C@@H]2C=C)CC1. The fourth-order valence-corrected chi connectivity index (χ4v) is 10.4. The number of aromatic nitrogens is 1. The molecule has 1 saturated heterocycles. The first-order chi connectivity index (χ1) is 30.7. The number of alkyl carbamates (subject to hydrolysis) is 1. The van der Waals surface area contributed by atoms with Crippen LogP contribution in [0.4, 0.5) is 4.79 Å². The lowest BCUT2D eigenvalue weighted by molar-refractivity contribution is -0.143. The summed E-state index contributed by atoms with van der Waals surface area (Å²) < 4.78 is 46.9. The highest BCUT2D eigenvalue weighted by molar-refractivity contribution is 7.91. The van der Waals surface area contributed by atoms with Crippen LogP contribution >= 0.6 is 0 Å². The second-order valence-electron chi connectivity index (χ2n) is 19.9. The Hall–Kier alpha value is -5.44. The number of carbonyl (C=O) groups is 4. The number of hydrogen-bond acceptors (Lipinski definition) is 10. The molecule has 15 heteroatoms. The van der Waals surface area contributed by atoms with Gasteiger partial charge in [-0.15, -0.1) is 13.2 Å². The van der Waals surface area contributed by atoms with Gasteiger partial charge in [0.1, 0.15) is 40.8 Å². The van der Waals surface area contributed by atoms with E-state index in [1.807, 2.05) is 48.5 Å². The van der Waals surface area contributed by atoms with Gasteiger partial charge in [-0.25, -0.2) is 18.2 Å². The number of likely N-dealkylation sites (tertiary alicyclic amines) is 1. The van der Waals surface area contributed by atoms with Crippen molar-refractivity contribution < 1.29 is 41.8 Å². The Morgan fingerprint density at radius 1 is 0.954 bits per heavy atom. The van der Waals surface area contributed by atoms with Crippen LogP contribution in [0.25, 0.3) is 22.2 Å². The first-order valence-corrected chi connectivity index (χ1v) is 24.3. The lowest BCUT2D eigenvalue weighted by atomic mass is 9.85. The fourth-order valence-electron chi connectivity index (χ4n) is 8.67. The number of hydrogen-bond donors (Lipinski definition) is 3. The van der Waals surface area contributed by atoms with Crippen molar-refractivity contribution in [3.05, 3.63) is 79.9 Å². The lowest BCUT2D eigenvalue weighted by Gasteiger charge is -2.36. The molecule has 65 heavy (non-hydrogen) atoms. The second kappa shape index (κ2) is 19.6. The third-order valence-corrected chi connectivity index (χ3v) is 14.9. The summed E-state index contributed by atoms with van der Waals surface area (Å²) in [6.07, 6.45) is 9.04. The molecule has 0 unspecified atom stereocenters. The van der Waals surface area contributed by atoms with Gasteiger partial charge in [-0.1, -0.05) is 88.9 Å². The number of rotatable bonds is 20. The highest BCUT2D eigenvalue weighted by atomic mass is 32.2. The van der Waals surface area contributed by atoms with E-state index in [1.54, 1.807) is 60.8 Å². The van der Waals surface area contributed by atoms with Crippen LogP contribution in [-0.4, -0.2) is 89.8 Å². The standard InChI is InChI=1S/C50H67N5O9S/c1-10-12-13-14-15-16-20-25-49(26-27-49)65(60,61)54-45(58)50(31-34(50)11-2)53-43(56)40-29-36(32-55(40)44(57)42(47(3,4)5)52-46(59)64-48(6,7)8)63-41-30-38(33-21-18-17-19-22-33)51-39-28-35(62-9)23-24-37(39)41/h10-11,17-19,21-24,28,30,34,36,40,42H,1-2,12-16,20,25-27,29,31-32H2,3-9H3,(H,52,59)(H,53,56)(H,54,58)/t34-,36+,40-,42+,50-/m0/s1. The number of ether oxygens (including phenoxy) is 3. The number of methoxy groups -OCH3 is 1. The van der Waals surface area contributed by atoms with Gasteiger partial charge in [0.25, 0.3) is 5.91 Å². The Balaban J connectivity index is 1.28. The van der Waals surface area contributed by atoms with E-state index in [2.05, 4.69) is 28.5 Å². The fraction of sp³-hybridized carbons (Fsp3) is 0.540. The molecule has 3 aromatic rings. The van der Waals surface area contributed by atoms with Crippen LogP contribution in [0.1, 0.15) is 112 Å². The van der Waals surface area contributed by atoms with E-state index in [1.165, 1.54) is 11.0 Å². The summed E-state index contributed by atoms with van der Waals surface area (Å²) in [6, 6.07) is 14.5. The molecule has 3 aliphatic rings. The third kappa shape index (κ3) is 11.5. The molecule has 3 fully saturated rings. The summed E-state index contributed by atoms with van der Waals surface area (Å²) >= 11 is 0. The van der Waals surface area contributed by atoms with E-state index >= 15 is 0 Å². The smallest absolute Gasteiger partial charge is 0.408 e. The average Bonchev–Trinajstić information content (AvgIpc) is 4.15. The highest BCUT2D eigenvalue weighted by Gasteiger charge is 2.63. The first kappa shape index (κ1) is 49.0. The number of allylic oxidation sites excluding steroid dienone is 1. The van der Waals surface area contributed by atoms with Gasteiger partial charge in [0.05, 0.1) is 29.6 Å². The number of carbonyl (C=O) groups excluding carboxylic acids is 4. The minimum Gasteiger partial charge on any atom is -0.497 e. The molecule has 2 heterocycles.